The van der Waals surface area contributed by atoms with Crippen LogP contribution >= 0.6 is 0 Å². The van der Waals surface area contributed by atoms with E-state index in [1.807, 2.05) is 32.0 Å². The van der Waals surface area contributed by atoms with Gasteiger partial charge in [0.15, 0.2) is 6.61 Å². The van der Waals surface area contributed by atoms with Gasteiger partial charge >= 0.3 is 5.97 Å². The molecule has 1 fully saturated rings. The molecule has 1 aliphatic rings. The average Bonchev–Trinajstić information content (AvgIpc) is 2.59. The standard InChI is InChI=1S/C23H36O3/c1-17(22(2,3)4)18-11-10-14-20(15-18)25-16-21(24)26-23(5,6)19-12-8-7-9-13-19/h10-11,14-15,17,19H,7-9,12-13,16H2,1-6H3. The van der Waals surface area contributed by atoms with Crippen molar-refractivity contribution >= 4 is 5.97 Å². The van der Waals surface area contributed by atoms with Crippen LogP contribution in [0.15, 0.2) is 24.3 Å². The third kappa shape index (κ3) is 5.75. The summed E-state index contributed by atoms with van der Waals surface area (Å²) in [5.41, 5.74) is 0.997. The molecule has 0 saturated heterocycles. The fourth-order valence-corrected chi connectivity index (χ4v) is 3.72. The number of esters is 1. The van der Waals surface area contributed by atoms with E-state index >= 15 is 0 Å². The summed E-state index contributed by atoms with van der Waals surface area (Å²) in [6.07, 6.45) is 6.07. The summed E-state index contributed by atoms with van der Waals surface area (Å²) >= 11 is 0. The van der Waals surface area contributed by atoms with Crippen LogP contribution < -0.4 is 4.74 Å². The maximum absolute atomic E-state index is 12.3. The number of ether oxygens (including phenoxy) is 2. The predicted octanol–water partition coefficient (Wildman–Crippen LogP) is 6.12. The number of hydrogen-bond donors (Lipinski definition) is 0. The highest BCUT2D eigenvalue weighted by atomic mass is 16.6. The highest BCUT2D eigenvalue weighted by Gasteiger charge is 2.34. The molecule has 1 aromatic rings. The SMILES string of the molecule is CC(c1cccc(OCC(=O)OC(C)(C)C2CCCCC2)c1)C(C)(C)C. The Kier molecular flexibility index (Phi) is 6.76. The number of carbonyl (C=O) groups is 1. The van der Waals surface area contributed by atoms with Gasteiger partial charge < -0.3 is 9.47 Å². The second-order valence-electron chi connectivity index (χ2n) is 9.36. The van der Waals surface area contributed by atoms with Gasteiger partial charge in [-0.3, -0.25) is 0 Å². The minimum atomic E-state index is -0.413. The molecule has 3 heteroatoms. The summed E-state index contributed by atoms with van der Waals surface area (Å²) in [7, 11) is 0. The molecule has 0 spiro atoms. The van der Waals surface area contributed by atoms with E-state index in [0.29, 0.717) is 11.8 Å². The van der Waals surface area contributed by atoms with Crippen molar-refractivity contribution in [3.8, 4) is 5.75 Å². The molecular weight excluding hydrogens is 324 g/mol. The van der Waals surface area contributed by atoms with Gasteiger partial charge in [-0.15, -0.1) is 0 Å². The van der Waals surface area contributed by atoms with Crippen molar-refractivity contribution in [2.75, 3.05) is 6.61 Å². The summed E-state index contributed by atoms with van der Waals surface area (Å²) < 4.78 is 11.5. The Morgan fingerprint density at radius 1 is 1.12 bits per heavy atom. The van der Waals surface area contributed by atoms with Crippen molar-refractivity contribution in [3.63, 3.8) is 0 Å². The molecule has 2 rings (SSSR count). The van der Waals surface area contributed by atoms with Gasteiger partial charge in [0.1, 0.15) is 11.4 Å². The molecule has 1 saturated carbocycles. The molecule has 0 aliphatic heterocycles. The van der Waals surface area contributed by atoms with Gasteiger partial charge in [0.2, 0.25) is 0 Å². The minimum absolute atomic E-state index is 0.0382. The topological polar surface area (TPSA) is 35.5 Å². The Balaban J connectivity index is 1.91. The smallest absolute Gasteiger partial charge is 0.344 e. The predicted molar refractivity (Wildman–Crippen MR) is 107 cm³/mol. The largest absolute Gasteiger partial charge is 0.482 e. The normalized spacial score (nSPS) is 17.6. The highest BCUT2D eigenvalue weighted by Crippen LogP contribution is 2.36. The van der Waals surface area contributed by atoms with Gasteiger partial charge in [0.25, 0.3) is 0 Å². The van der Waals surface area contributed by atoms with Gasteiger partial charge in [0.05, 0.1) is 0 Å². The lowest BCUT2D eigenvalue weighted by molar-refractivity contribution is -0.165. The summed E-state index contributed by atoms with van der Waals surface area (Å²) in [6.45, 7) is 12.9. The molecule has 0 bridgehead atoms. The third-order valence-corrected chi connectivity index (χ3v) is 5.98. The van der Waals surface area contributed by atoms with E-state index < -0.39 is 5.60 Å². The van der Waals surface area contributed by atoms with Crippen LogP contribution in [-0.2, 0) is 9.53 Å². The number of benzene rings is 1. The Bertz CT molecular complexity index is 592. The molecule has 1 aromatic carbocycles. The molecule has 1 atom stereocenters. The second kappa shape index (κ2) is 8.45. The van der Waals surface area contributed by atoms with E-state index in [1.54, 1.807) is 0 Å². The number of hydrogen-bond acceptors (Lipinski definition) is 3. The van der Waals surface area contributed by atoms with Crippen molar-refractivity contribution in [1.82, 2.24) is 0 Å². The van der Waals surface area contributed by atoms with Crippen molar-refractivity contribution in [3.05, 3.63) is 29.8 Å². The summed E-state index contributed by atoms with van der Waals surface area (Å²) in [4.78, 5) is 12.3. The minimum Gasteiger partial charge on any atom is -0.482 e. The Labute approximate surface area is 159 Å². The van der Waals surface area contributed by atoms with E-state index in [4.69, 9.17) is 9.47 Å². The van der Waals surface area contributed by atoms with E-state index in [9.17, 15) is 4.79 Å². The zero-order chi connectivity index (χ0) is 19.4. The third-order valence-electron chi connectivity index (χ3n) is 5.98. The number of rotatable bonds is 6. The fraction of sp³-hybridized carbons (Fsp3) is 0.696. The Morgan fingerprint density at radius 3 is 2.38 bits per heavy atom. The van der Waals surface area contributed by atoms with Crippen molar-refractivity contribution < 1.29 is 14.3 Å². The fourth-order valence-electron chi connectivity index (χ4n) is 3.72. The maximum atomic E-state index is 12.3. The van der Waals surface area contributed by atoms with Crippen LogP contribution in [0.4, 0.5) is 0 Å². The maximum Gasteiger partial charge on any atom is 0.344 e. The van der Waals surface area contributed by atoms with Crippen molar-refractivity contribution in [2.45, 2.75) is 85.2 Å². The lowest BCUT2D eigenvalue weighted by Gasteiger charge is -2.36. The van der Waals surface area contributed by atoms with Gasteiger partial charge in [0, 0.05) is 0 Å². The average molecular weight is 361 g/mol. The first-order valence-corrected chi connectivity index (χ1v) is 10.0. The van der Waals surface area contributed by atoms with Gasteiger partial charge in [-0.25, -0.2) is 4.79 Å². The van der Waals surface area contributed by atoms with Crippen LogP contribution in [0.25, 0.3) is 0 Å². The molecule has 0 amide bonds. The lowest BCUT2D eigenvalue weighted by atomic mass is 9.78. The van der Waals surface area contributed by atoms with E-state index in [-0.39, 0.29) is 18.0 Å². The summed E-state index contributed by atoms with van der Waals surface area (Å²) in [6, 6.07) is 8.05. The molecular formula is C23H36O3. The molecule has 26 heavy (non-hydrogen) atoms. The Morgan fingerprint density at radius 2 is 1.77 bits per heavy atom. The quantitative estimate of drug-likeness (QED) is 0.574. The second-order valence-corrected chi connectivity index (χ2v) is 9.36. The van der Waals surface area contributed by atoms with Crippen LogP contribution in [0.3, 0.4) is 0 Å². The summed E-state index contributed by atoms with van der Waals surface area (Å²) in [5, 5.41) is 0. The zero-order valence-corrected chi connectivity index (χ0v) is 17.4. The first-order chi connectivity index (χ1) is 12.1. The van der Waals surface area contributed by atoms with Crippen molar-refractivity contribution in [1.29, 1.82) is 0 Å². The first-order valence-electron chi connectivity index (χ1n) is 10.0. The van der Waals surface area contributed by atoms with Crippen LogP contribution in [0.2, 0.25) is 0 Å². The van der Waals surface area contributed by atoms with E-state index in [0.717, 1.165) is 18.6 Å². The molecule has 0 aromatic heterocycles. The molecule has 3 nitrogen and oxygen atoms in total. The van der Waals surface area contributed by atoms with Gasteiger partial charge in [-0.1, -0.05) is 59.1 Å². The molecule has 0 N–H and O–H groups in total. The van der Waals surface area contributed by atoms with E-state index in [2.05, 4.69) is 33.8 Å². The molecule has 146 valence electrons. The van der Waals surface area contributed by atoms with Gasteiger partial charge in [-0.05, 0) is 61.6 Å². The van der Waals surface area contributed by atoms with Crippen LogP contribution in [0.1, 0.15) is 85.1 Å². The Hall–Kier alpha value is -1.51. The number of carbonyl (C=O) groups excluding carboxylic acids is 1. The molecule has 1 unspecified atom stereocenters. The zero-order valence-electron chi connectivity index (χ0n) is 17.4. The highest BCUT2D eigenvalue weighted by molar-refractivity contribution is 5.71. The van der Waals surface area contributed by atoms with E-state index in [1.165, 1.54) is 24.8 Å². The van der Waals surface area contributed by atoms with Crippen LogP contribution in [0.5, 0.6) is 5.75 Å². The molecule has 1 aliphatic carbocycles. The molecule has 0 heterocycles. The lowest BCUT2D eigenvalue weighted by Crippen LogP contribution is -2.39. The van der Waals surface area contributed by atoms with Gasteiger partial charge in [-0.2, -0.15) is 0 Å². The monoisotopic (exact) mass is 360 g/mol. The van der Waals surface area contributed by atoms with Crippen LogP contribution in [-0.4, -0.2) is 18.2 Å². The molecule has 0 radical (unpaired) electrons. The van der Waals surface area contributed by atoms with Crippen LogP contribution in [0, 0.1) is 11.3 Å². The summed E-state index contributed by atoms with van der Waals surface area (Å²) in [5.74, 6) is 1.31. The van der Waals surface area contributed by atoms with Crippen molar-refractivity contribution in [2.24, 2.45) is 11.3 Å². The first kappa shape index (κ1) is 20.8.